The van der Waals surface area contributed by atoms with Crippen LogP contribution in [-0.4, -0.2) is 9.55 Å². The summed E-state index contributed by atoms with van der Waals surface area (Å²) >= 11 is 0. The summed E-state index contributed by atoms with van der Waals surface area (Å²) in [6.45, 7) is 0.276. The molecule has 3 rings (SSSR count). The maximum absolute atomic E-state index is 13.8. The molecular weight excluding hydrogens is 296 g/mol. The van der Waals surface area contributed by atoms with Gasteiger partial charge >= 0.3 is 0 Å². The van der Waals surface area contributed by atoms with Crippen LogP contribution in [0.5, 0.6) is 0 Å². The number of nitrogens with one attached hydrogen (secondary N) is 1. The van der Waals surface area contributed by atoms with Crippen LogP contribution in [0.15, 0.2) is 60.9 Å². The van der Waals surface area contributed by atoms with E-state index in [0.29, 0.717) is 5.56 Å². The monoisotopic (exact) mass is 313 g/mol. The molecule has 118 valence electrons. The van der Waals surface area contributed by atoms with E-state index in [9.17, 15) is 8.78 Å². The SMILES string of the molecule is Cn1ccnc1[C@H](NCc1ccc(F)cc1F)c1ccccc1. The second-order valence-corrected chi connectivity index (χ2v) is 5.36. The van der Waals surface area contributed by atoms with Crippen LogP contribution in [0, 0.1) is 11.6 Å². The lowest BCUT2D eigenvalue weighted by Crippen LogP contribution is -2.25. The van der Waals surface area contributed by atoms with E-state index >= 15 is 0 Å². The minimum Gasteiger partial charge on any atom is -0.336 e. The van der Waals surface area contributed by atoms with Gasteiger partial charge < -0.3 is 4.57 Å². The molecule has 1 heterocycles. The van der Waals surface area contributed by atoms with Crippen LogP contribution in [0.3, 0.4) is 0 Å². The van der Waals surface area contributed by atoms with Crippen LogP contribution in [0.4, 0.5) is 8.78 Å². The van der Waals surface area contributed by atoms with Crippen LogP contribution in [0.1, 0.15) is 23.0 Å². The Morgan fingerprint density at radius 1 is 1.13 bits per heavy atom. The second kappa shape index (κ2) is 6.71. The van der Waals surface area contributed by atoms with E-state index in [-0.39, 0.29) is 12.6 Å². The average Bonchev–Trinajstić information content (AvgIpc) is 2.97. The number of benzene rings is 2. The summed E-state index contributed by atoms with van der Waals surface area (Å²) in [4.78, 5) is 4.39. The van der Waals surface area contributed by atoms with Gasteiger partial charge in [-0.15, -0.1) is 0 Å². The maximum atomic E-state index is 13.8. The third-order valence-corrected chi connectivity index (χ3v) is 3.76. The van der Waals surface area contributed by atoms with E-state index in [1.54, 1.807) is 6.20 Å². The molecule has 0 amide bonds. The Labute approximate surface area is 133 Å². The van der Waals surface area contributed by atoms with Gasteiger partial charge in [-0.05, 0) is 11.6 Å². The minimum atomic E-state index is -0.574. The van der Waals surface area contributed by atoms with Crippen LogP contribution in [0.2, 0.25) is 0 Å². The van der Waals surface area contributed by atoms with Crippen molar-refractivity contribution in [3.8, 4) is 0 Å². The number of halogens is 2. The molecule has 0 aliphatic rings. The van der Waals surface area contributed by atoms with Gasteiger partial charge in [-0.3, -0.25) is 5.32 Å². The highest BCUT2D eigenvalue weighted by Crippen LogP contribution is 2.21. The molecule has 5 heteroatoms. The Morgan fingerprint density at radius 3 is 2.57 bits per heavy atom. The van der Waals surface area contributed by atoms with Crippen LogP contribution in [0.25, 0.3) is 0 Å². The van der Waals surface area contributed by atoms with Gasteiger partial charge in [-0.25, -0.2) is 13.8 Å². The van der Waals surface area contributed by atoms with Crippen molar-refractivity contribution >= 4 is 0 Å². The average molecular weight is 313 g/mol. The normalized spacial score (nSPS) is 12.3. The van der Waals surface area contributed by atoms with E-state index in [1.807, 2.05) is 48.1 Å². The van der Waals surface area contributed by atoms with E-state index in [4.69, 9.17) is 0 Å². The van der Waals surface area contributed by atoms with Crippen LogP contribution < -0.4 is 5.32 Å². The molecule has 0 fully saturated rings. The fourth-order valence-electron chi connectivity index (χ4n) is 2.54. The third kappa shape index (κ3) is 3.46. The van der Waals surface area contributed by atoms with Gasteiger partial charge in [0.1, 0.15) is 17.5 Å². The largest absolute Gasteiger partial charge is 0.336 e. The van der Waals surface area contributed by atoms with Crippen LogP contribution in [-0.2, 0) is 13.6 Å². The maximum Gasteiger partial charge on any atom is 0.130 e. The summed E-state index contributed by atoms with van der Waals surface area (Å²) in [5.74, 6) is -0.294. The van der Waals surface area contributed by atoms with Gasteiger partial charge in [-0.1, -0.05) is 36.4 Å². The molecule has 1 aromatic heterocycles. The van der Waals surface area contributed by atoms with Crippen molar-refractivity contribution in [2.45, 2.75) is 12.6 Å². The molecule has 0 aliphatic heterocycles. The highest BCUT2D eigenvalue weighted by molar-refractivity contribution is 5.26. The quantitative estimate of drug-likeness (QED) is 0.780. The zero-order valence-corrected chi connectivity index (χ0v) is 12.7. The summed E-state index contributed by atoms with van der Waals surface area (Å²) in [5.41, 5.74) is 1.45. The first-order valence-corrected chi connectivity index (χ1v) is 7.34. The third-order valence-electron chi connectivity index (χ3n) is 3.76. The Morgan fingerprint density at radius 2 is 1.91 bits per heavy atom. The zero-order chi connectivity index (χ0) is 16.2. The van der Waals surface area contributed by atoms with Crippen molar-refractivity contribution in [2.75, 3.05) is 0 Å². The van der Waals surface area contributed by atoms with Gasteiger partial charge in [0.05, 0.1) is 6.04 Å². The fraction of sp³-hybridized carbons (Fsp3) is 0.167. The van der Waals surface area contributed by atoms with E-state index < -0.39 is 11.6 Å². The van der Waals surface area contributed by atoms with Gasteiger partial charge in [0, 0.05) is 37.6 Å². The lowest BCUT2D eigenvalue weighted by Gasteiger charge is -2.19. The first-order chi connectivity index (χ1) is 11.1. The second-order valence-electron chi connectivity index (χ2n) is 5.36. The standard InChI is InChI=1S/C18H17F2N3/c1-23-10-9-21-18(23)17(13-5-3-2-4-6-13)22-12-14-7-8-15(19)11-16(14)20/h2-11,17,22H,12H2,1H3/t17-/m1/s1. The Hall–Kier alpha value is -2.53. The molecule has 0 unspecified atom stereocenters. The molecular formula is C18H17F2N3. The lowest BCUT2D eigenvalue weighted by molar-refractivity contribution is 0.527. The Kier molecular flexibility index (Phi) is 4.48. The molecule has 3 aromatic rings. The topological polar surface area (TPSA) is 29.9 Å². The number of nitrogens with zero attached hydrogens (tertiary/aromatic N) is 2. The zero-order valence-electron chi connectivity index (χ0n) is 12.7. The van der Waals surface area contributed by atoms with Crippen molar-refractivity contribution in [2.24, 2.45) is 7.05 Å². The molecule has 1 N–H and O–H groups in total. The van der Waals surface area contributed by atoms with E-state index in [1.165, 1.54) is 12.1 Å². The predicted molar refractivity (Wildman–Crippen MR) is 84.7 cm³/mol. The van der Waals surface area contributed by atoms with Gasteiger partial charge in [0.2, 0.25) is 0 Å². The van der Waals surface area contributed by atoms with E-state index in [2.05, 4.69) is 10.3 Å². The van der Waals surface area contributed by atoms with Crippen molar-refractivity contribution < 1.29 is 8.78 Å². The molecule has 3 nitrogen and oxygen atoms in total. The minimum absolute atomic E-state index is 0.180. The summed E-state index contributed by atoms with van der Waals surface area (Å²) in [7, 11) is 1.92. The van der Waals surface area contributed by atoms with Crippen molar-refractivity contribution in [1.82, 2.24) is 14.9 Å². The van der Waals surface area contributed by atoms with Gasteiger partial charge in [-0.2, -0.15) is 0 Å². The molecule has 0 bridgehead atoms. The predicted octanol–water partition coefficient (Wildman–Crippen LogP) is 3.58. The fourth-order valence-corrected chi connectivity index (χ4v) is 2.54. The van der Waals surface area contributed by atoms with Crippen molar-refractivity contribution in [3.63, 3.8) is 0 Å². The first-order valence-electron chi connectivity index (χ1n) is 7.34. The van der Waals surface area contributed by atoms with Gasteiger partial charge in [0.25, 0.3) is 0 Å². The molecule has 0 saturated carbocycles. The number of imidazole rings is 1. The van der Waals surface area contributed by atoms with E-state index in [0.717, 1.165) is 17.5 Å². The first kappa shape index (κ1) is 15.4. The Balaban J connectivity index is 1.86. The number of aryl methyl sites for hydroxylation is 1. The van der Waals surface area contributed by atoms with Crippen molar-refractivity contribution in [1.29, 1.82) is 0 Å². The number of rotatable bonds is 5. The molecule has 0 saturated heterocycles. The molecule has 0 radical (unpaired) electrons. The number of hydrogen-bond acceptors (Lipinski definition) is 2. The smallest absolute Gasteiger partial charge is 0.130 e. The highest BCUT2D eigenvalue weighted by atomic mass is 19.1. The molecule has 23 heavy (non-hydrogen) atoms. The summed E-state index contributed by atoms with van der Waals surface area (Å²) in [6.07, 6.45) is 3.59. The number of aromatic nitrogens is 2. The Bertz CT molecular complexity index is 784. The molecule has 2 aromatic carbocycles. The molecule has 1 atom stereocenters. The molecule has 0 spiro atoms. The van der Waals surface area contributed by atoms with Crippen molar-refractivity contribution in [3.05, 3.63) is 89.5 Å². The molecule has 0 aliphatic carbocycles. The van der Waals surface area contributed by atoms with Crippen LogP contribution >= 0.6 is 0 Å². The summed E-state index contributed by atoms with van der Waals surface area (Å²) in [6, 6.07) is 13.3. The lowest BCUT2D eigenvalue weighted by atomic mass is 10.1. The van der Waals surface area contributed by atoms with Gasteiger partial charge in [0.15, 0.2) is 0 Å². The highest BCUT2D eigenvalue weighted by Gasteiger charge is 2.18. The summed E-state index contributed by atoms with van der Waals surface area (Å²) < 4.78 is 28.8. The summed E-state index contributed by atoms with van der Waals surface area (Å²) in [5, 5.41) is 3.31. The number of hydrogen-bond donors (Lipinski definition) is 1.